The van der Waals surface area contributed by atoms with Gasteiger partial charge in [0.05, 0.1) is 6.04 Å². The second kappa shape index (κ2) is 52.6. The second-order valence-corrected chi connectivity index (χ2v) is 32.8. The van der Waals surface area contributed by atoms with Crippen molar-refractivity contribution in [3.05, 3.63) is 108 Å². The summed E-state index contributed by atoms with van der Waals surface area (Å²) >= 11 is 0. The van der Waals surface area contributed by atoms with Crippen LogP contribution in [-0.2, 0) is 76.8 Å². The Morgan fingerprint density at radius 2 is 0.485 bits per heavy atom. The van der Waals surface area contributed by atoms with Crippen molar-refractivity contribution in [2.75, 3.05) is 39.3 Å². The number of nitrogens with one attached hydrogen (secondary N) is 26. The molecule has 0 aliphatic carbocycles. The molecule has 42 N–H and O–H groups in total. The quantitative estimate of drug-likeness (QED) is 0.00979. The Labute approximate surface area is 752 Å². The van der Waals surface area contributed by atoms with Crippen LogP contribution in [0.15, 0.2) is 91.4 Å². The molecule has 3 aromatic heterocycles. The molecular formula is C84H132N34O12. The first-order chi connectivity index (χ1) is 61.7. The first-order valence-corrected chi connectivity index (χ1v) is 43.2. The largest absolute Gasteiger partial charge is 0.370 e. The molecule has 710 valence electrons. The number of hydrogen-bond donors (Lipinski definition) is 34. The van der Waals surface area contributed by atoms with E-state index in [9.17, 15) is 28.8 Å². The summed E-state index contributed by atoms with van der Waals surface area (Å²) in [5.74, 6) is -14.9. The number of benzene rings is 3. The molecule has 46 heteroatoms. The fraction of sp³-hybridized carbons (Fsp3) is 0.500. The van der Waals surface area contributed by atoms with Crippen LogP contribution in [0.5, 0.6) is 0 Å². The molecule has 46 nitrogen and oxygen atoms in total. The highest BCUT2D eigenvalue weighted by Gasteiger charge is 2.39. The number of hydrogen-bond acceptors (Lipinski definition) is 19. The van der Waals surface area contributed by atoms with Crippen LogP contribution in [0.4, 0.5) is 0 Å². The summed E-state index contributed by atoms with van der Waals surface area (Å²) in [5, 5.41) is 94.7. The van der Waals surface area contributed by atoms with Gasteiger partial charge >= 0.3 is 0 Å². The maximum atomic E-state index is 15.5. The predicted molar refractivity (Wildman–Crippen MR) is 494 cm³/mol. The molecule has 0 bridgehead atoms. The molecule has 6 aromatic rings. The zero-order valence-corrected chi connectivity index (χ0v) is 74.2. The van der Waals surface area contributed by atoms with Crippen molar-refractivity contribution in [3.63, 3.8) is 0 Å². The number of carbonyl (C=O) groups is 12. The molecule has 3 aromatic carbocycles. The first kappa shape index (κ1) is 104. The Morgan fingerprint density at radius 1 is 0.277 bits per heavy atom. The van der Waals surface area contributed by atoms with Crippen LogP contribution in [0.2, 0.25) is 0 Å². The standard InChI is InChI=1S/C84H132N34O12/c1-43(2)64(76(128)108-56(67(86)119)25-13-31-99-79(87)88)116-72(124)60(29-17-35-103-83(95)96)110-74(126)62(38-47-41-106-54-23-11-8-20-50(47)54)114-70(122)58(27-15-33-101-81(91)92)113-78(130)66(45(5)6)118-73(125)61(30-18-36-104-84(97)98)111-75(127)63(39-48-42-107-55-24-12-9-21-51(48)55)115-69(121)57(26-14-32-100-80(89)90)112-77(129)65(44(3)4)117-71(123)59(28-16-34-102-82(93)94)109-68(120)52(85)37-46-40-105-53-22-10-7-19-49(46)53/h7-12,19-24,40-45,52,56-66,105-107H,13-18,25-39,85H2,1-6H3,(H2,86,119)(H,108,128)(H,109,120)(H,110,126)(H,111,127)(H,112,129)(H,113,130)(H,114,122)(H,115,121)(H,116,124)(H,117,123)(H,118,125)(H4,87,88,99)(H4,89,90,100)(H4,91,92,101)(H4,93,94,102)(H4,95,96,103)(H4,97,98,104)/t52-,56-,57-,58-,59-,60-,61-,62-,63-,64-,65-,66-/m0/s1. The average Bonchev–Trinajstić information content (AvgIpc) is 1.68. The summed E-state index contributed by atoms with van der Waals surface area (Å²) in [5.41, 5.74) is 49.6. The molecular weight excluding hydrogens is 1680 g/mol. The van der Waals surface area contributed by atoms with Crippen molar-refractivity contribution in [2.45, 2.75) is 210 Å². The van der Waals surface area contributed by atoms with Crippen LogP contribution in [-0.4, -0.2) is 233 Å². The second-order valence-electron chi connectivity index (χ2n) is 32.8. The van der Waals surface area contributed by atoms with E-state index in [-0.39, 0.29) is 153 Å². The summed E-state index contributed by atoms with van der Waals surface area (Å²) < 4.78 is 0. The minimum absolute atomic E-state index is 0.00153. The molecule has 0 saturated heterocycles. The number of H-pyrrole nitrogens is 3. The van der Waals surface area contributed by atoms with Gasteiger partial charge in [0.1, 0.15) is 66.5 Å². The normalized spacial score (nSPS) is 14.0. The molecule has 3 heterocycles. The van der Waals surface area contributed by atoms with E-state index in [1.165, 1.54) is 0 Å². The van der Waals surface area contributed by atoms with E-state index in [1.54, 1.807) is 109 Å². The molecule has 12 atom stereocenters. The highest BCUT2D eigenvalue weighted by atomic mass is 16.2. The number of aromatic nitrogens is 3. The number of primary amides is 1. The molecule has 6 rings (SSSR count). The van der Waals surface area contributed by atoms with Crippen LogP contribution in [0.25, 0.3) is 32.7 Å². The lowest BCUT2D eigenvalue weighted by molar-refractivity contribution is -0.137. The van der Waals surface area contributed by atoms with E-state index < -0.39 is 179 Å². The van der Waals surface area contributed by atoms with Gasteiger partial charge in [-0.25, -0.2) is 0 Å². The third-order valence-corrected chi connectivity index (χ3v) is 21.4. The Morgan fingerprint density at radius 3 is 0.738 bits per heavy atom. The minimum atomic E-state index is -1.59. The van der Waals surface area contributed by atoms with E-state index in [4.69, 9.17) is 78.3 Å². The summed E-state index contributed by atoms with van der Waals surface area (Å²) in [6.07, 6.45) is 4.61. The van der Waals surface area contributed by atoms with Gasteiger partial charge in [-0.1, -0.05) is 96.1 Å². The fourth-order valence-electron chi connectivity index (χ4n) is 14.4. The Kier molecular flexibility index (Phi) is 42.2. The number of guanidine groups is 6. The highest BCUT2D eigenvalue weighted by molar-refractivity contribution is 6.01. The Balaban J connectivity index is 1.31. The number of aromatic amines is 3. The molecule has 0 aliphatic heterocycles. The van der Waals surface area contributed by atoms with Gasteiger partial charge in [-0.3, -0.25) is 90.0 Å². The molecule has 0 spiro atoms. The zero-order valence-electron chi connectivity index (χ0n) is 74.2. The van der Waals surface area contributed by atoms with Crippen LogP contribution >= 0.6 is 0 Å². The van der Waals surface area contributed by atoms with Crippen molar-refractivity contribution in [3.8, 4) is 0 Å². The zero-order chi connectivity index (χ0) is 95.8. The van der Waals surface area contributed by atoms with Gasteiger partial charge in [0.2, 0.25) is 70.9 Å². The maximum absolute atomic E-state index is 15.5. The lowest BCUT2D eigenvalue weighted by Gasteiger charge is -2.30. The molecule has 0 fully saturated rings. The van der Waals surface area contributed by atoms with E-state index in [1.807, 2.05) is 24.3 Å². The van der Waals surface area contributed by atoms with Gasteiger partial charge in [0.25, 0.3) is 0 Å². The summed E-state index contributed by atoms with van der Waals surface area (Å²) in [7, 11) is 0. The van der Waals surface area contributed by atoms with E-state index in [0.29, 0.717) is 32.9 Å². The summed E-state index contributed by atoms with van der Waals surface area (Å²) in [6, 6.07) is 4.52. The van der Waals surface area contributed by atoms with Gasteiger partial charge in [-0.2, -0.15) is 0 Å². The average molecular weight is 1810 g/mol. The first-order valence-electron chi connectivity index (χ1n) is 43.2. The van der Waals surface area contributed by atoms with Crippen LogP contribution in [0.1, 0.15) is 135 Å². The fourth-order valence-corrected chi connectivity index (χ4v) is 14.4. The van der Waals surface area contributed by atoms with Crippen molar-refractivity contribution in [2.24, 2.45) is 63.6 Å². The van der Waals surface area contributed by atoms with E-state index in [2.05, 4.69) is 105 Å². The third kappa shape index (κ3) is 34.7. The molecule has 12 amide bonds. The lowest BCUT2D eigenvalue weighted by Crippen LogP contribution is -2.62. The predicted octanol–water partition coefficient (Wildman–Crippen LogP) is -4.15. The smallest absolute Gasteiger partial charge is 0.243 e. The van der Waals surface area contributed by atoms with Gasteiger partial charge in [0, 0.05) is 103 Å². The van der Waals surface area contributed by atoms with E-state index in [0.717, 1.165) is 16.5 Å². The van der Waals surface area contributed by atoms with Crippen molar-refractivity contribution in [1.29, 1.82) is 32.5 Å². The number of fused-ring (bicyclic) bond motifs is 3. The van der Waals surface area contributed by atoms with Gasteiger partial charge < -0.3 is 151 Å². The summed E-state index contributed by atoms with van der Waals surface area (Å²) in [4.78, 5) is 186. The maximum Gasteiger partial charge on any atom is 0.243 e. The van der Waals surface area contributed by atoms with Crippen molar-refractivity contribution in [1.82, 2.24) is 105 Å². The van der Waals surface area contributed by atoms with Gasteiger partial charge in [-0.05, 0) is 136 Å². The molecule has 0 aliphatic rings. The number of carbonyl (C=O) groups excluding carboxylic acids is 12. The van der Waals surface area contributed by atoms with Gasteiger partial charge in [-0.15, -0.1) is 0 Å². The number of para-hydroxylation sites is 3. The molecule has 0 unspecified atom stereocenters. The monoisotopic (exact) mass is 1810 g/mol. The lowest BCUT2D eigenvalue weighted by atomic mass is 9.99. The van der Waals surface area contributed by atoms with Gasteiger partial charge in [0.15, 0.2) is 35.8 Å². The number of amides is 12. The Hall–Kier alpha value is -14.5. The summed E-state index contributed by atoms with van der Waals surface area (Å²) in [6.45, 7) is 10.1. The van der Waals surface area contributed by atoms with Crippen molar-refractivity contribution < 1.29 is 57.5 Å². The molecule has 0 radical (unpaired) electrons. The topological polar surface area (TPSA) is 808 Å². The number of nitrogens with two attached hydrogens (primary N) is 8. The van der Waals surface area contributed by atoms with Crippen LogP contribution in [0, 0.1) is 50.2 Å². The molecule has 130 heavy (non-hydrogen) atoms. The van der Waals surface area contributed by atoms with Crippen molar-refractivity contribution >= 4 is 139 Å². The van der Waals surface area contributed by atoms with Crippen LogP contribution in [0.3, 0.4) is 0 Å². The molecule has 0 saturated carbocycles. The SMILES string of the molecule is CC(C)[C@H](NC(=O)[C@H](CCCNC(=N)N)NC(=O)[C@H](Cc1c[nH]c2ccccc12)NC(=O)[C@H](CCCNC(=N)N)NC(=O)[C@@H](NC(=O)[C@H](CCCNC(=N)N)NC(=O)[C@H](Cc1c[nH]c2ccccc12)NC(=O)[C@H](CCCNC(=N)N)NC(=O)[C@@H](NC(=O)[C@H](CCCNC(=N)N)NC(=O)[C@@H](N)Cc1c[nH]c2ccccc12)C(C)C)C(C)C)C(=O)N[C@@H](CCCNC(=N)N)C(N)=O. The highest BCUT2D eigenvalue weighted by Crippen LogP contribution is 2.24. The number of rotatable bonds is 56. The third-order valence-electron chi connectivity index (χ3n) is 21.4. The Bertz CT molecular complexity index is 4910. The minimum Gasteiger partial charge on any atom is -0.370 e. The van der Waals surface area contributed by atoms with E-state index >= 15 is 28.8 Å². The van der Waals surface area contributed by atoms with Crippen LogP contribution < -0.4 is 136 Å².